The summed E-state index contributed by atoms with van der Waals surface area (Å²) in [6, 6.07) is 7.36. The van der Waals surface area contributed by atoms with Crippen LogP contribution in [0.15, 0.2) is 30.6 Å². The molecule has 1 aromatic heterocycles. The Bertz CT molecular complexity index is 553. The third-order valence-corrected chi connectivity index (χ3v) is 3.49. The van der Waals surface area contributed by atoms with Gasteiger partial charge < -0.3 is 9.88 Å². The van der Waals surface area contributed by atoms with E-state index in [0.29, 0.717) is 0 Å². The van der Waals surface area contributed by atoms with Crippen LogP contribution in [-0.4, -0.2) is 15.6 Å². The van der Waals surface area contributed by atoms with Crippen molar-refractivity contribution in [3.63, 3.8) is 0 Å². The van der Waals surface area contributed by atoms with E-state index in [9.17, 15) is 0 Å². The van der Waals surface area contributed by atoms with Crippen molar-refractivity contribution >= 4 is 0 Å². The zero-order valence-corrected chi connectivity index (χ0v) is 11.0. The maximum Gasteiger partial charge on any atom is 0.139 e. The Balaban J connectivity index is 1.94. The fourth-order valence-corrected chi connectivity index (χ4v) is 2.22. The highest BCUT2D eigenvalue weighted by Crippen LogP contribution is 2.25. The first-order valence-electron chi connectivity index (χ1n) is 6.54. The second kappa shape index (κ2) is 4.58. The van der Waals surface area contributed by atoms with Crippen molar-refractivity contribution in [1.82, 2.24) is 14.9 Å². The molecule has 0 atom stereocenters. The summed E-state index contributed by atoms with van der Waals surface area (Å²) in [6.07, 6.45) is 6.50. The zero-order valence-electron chi connectivity index (χ0n) is 11.0. The van der Waals surface area contributed by atoms with Gasteiger partial charge in [-0.3, -0.25) is 0 Å². The predicted octanol–water partition coefficient (Wildman–Crippen LogP) is 2.65. The molecule has 0 radical (unpaired) electrons. The molecule has 0 spiro atoms. The minimum absolute atomic E-state index is 0.737. The molecule has 0 amide bonds. The molecule has 18 heavy (non-hydrogen) atoms. The van der Waals surface area contributed by atoms with E-state index in [4.69, 9.17) is 0 Å². The summed E-state index contributed by atoms with van der Waals surface area (Å²) in [5.74, 6) is 1.05. The molecule has 0 unspecified atom stereocenters. The first-order chi connectivity index (χ1) is 8.74. The average molecular weight is 241 g/mol. The first kappa shape index (κ1) is 11.5. The van der Waals surface area contributed by atoms with E-state index in [2.05, 4.69) is 40.0 Å². The third-order valence-electron chi connectivity index (χ3n) is 3.49. The van der Waals surface area contributed by atoms with Crippen LogP contribution in [0.5, 0.6) is 0 Å². The molecule has 0 aliphatic heterocycles. The van der Waals surface area contributed by atoms with Gasteiger partial charge in [0.1, 0.15) is 5.82 Å². The molecular weight excluding hydrogens is 222 g/mol. The number of benzene rings is 1. The molecule has 1 aliphatic rings. The molecule has 0 saturated heterocycles. The highest BCUT2D eigenvalue weighted by atomic mass is 15.0. The van der Waals surface area contributed by atoms with Gasteiger partial charge in [0.2, 0.25) is 0 Å². The van der Waals surface area contributed by atoms with Gasteiger partial charge in [-0.05, 0) is 31.4 Å². The van der Waals surface area contributed by atoms with Crippen molar-refractivity contribution in [2.24, 2.45) is 7.05 Å². The van der Waals surface area contributed by atoms with Gasteiger partial charge in [-0.15, -0.1) is 0 Å². The summed E-state index contributed by atoms with van der Waals surface area (Å²) in [6.45, 7) is 3.07. The molecular formula is C15H19N3. The molecule has 1 saturated carbocycles. The molecule has 1 N–H and O–H groups in total. The van der Waals surface area contributed by atoms with Crippen molar-refractivity contribution in [2.75, 3.05) is 0 Å². The lowest BCUT2D eigenvalue weighted by atomic mass is 10.0. The SMILES string of the molecule is Cc1ccc(CNC2CC2)c(-c2nccn2C)c1. The number of imidazole rings is 1. The summed E-state index contributed by atoms with van der Waals surface area (Å²) < 4.78 is 2.08. The standard InChI is InChI=1S/C15H19N3/c1-11-3-4-12(10-17-13-5-6-13)14(9-11)15-16-7-8-18(15)2/h3-4,7-9,13,17H,5-6,10H2,1-2H3. The normalized spacial score (nSPS) is 15.0. The number of hydrogen-bond donors (Lipinski definition) is 1. The number of nitrogens with one attached hydrogen (secondary N) is 1. The average Bonchev–Trinajstić information content (AvgIpc) is 3.09. The Morgan fingerprint density at radius 2 is 2.22 bits per heavy atom. The second-order valence-electron chi connectivity index (χ2n) is 5.18. The van der Waals surface area contributed by atoms with Gasteiger partial charge in [-0.25, -0.2) is 4.98 Å². The van der Waals surface area contributed by atoms with E-state index in [1.807, 2.05) is 19.4 Å². The molecule has 3 heteroatoms. The van der Waals surface area contributed by atoms with Gasteiger partial charge in [0.25, 0.3) is 0 Å². The summed E-state index contributed by atoms with van der Waals surface area (Å²) in [5.41, 5.74) is 3.86. The lowest BCUT2D eigenvalue weighted by Gasteiger charge is -2.11. The van der Waals surface area contributed by atoms with Gasteiger partial charge in [-0.2, -0.15) is 0 Å². The quantitative estimate of drug-likeness (QED) is 0.892. The van der Waals surface area contributed by atoms with Crippen LogP contribution in [0.25, 0.3) is 11.4 Å². The fraction of sp³-hybridized carbons (Fsp3) is 0.400. The molecule has 1 heterocycles. The van der Waals surface area contributed by atoms with Crippen LogP contribution in [0.4, 0.5) is 0 Å². The van der Waals surface area contributed by atoms with Crippen LogP contribution in [0.2, 0.25) is 0 Å². The Hall–Kier alpha value is -1.61. The zero-order chi connectivity index (χ0) is 12.5. The number of nitrogens with zero attached hydrogens (tertiary/aromatic N) is 2. The minimum Gasteiger partial charge on any atom is -0.334 e. The fourth-order valence-electron chi connectivity index (χ4n) is 2.22. The van der Waals surface area contributed by atoms with Gasteiger partial charge in [0.05, 0.1) is 0 Å². The molecule has 3 nitrogen and oxygen atoms in total. The maximum atomic E-state index is 4.47. The predicted molar refractivity (Wildman–Crippen MR) is 73.2 cm³/mol. The second-order valence-corrected chi connectivity index (χ2v) is 5.18. The van der Waals surface area contributed by atoms with Crippen LogP contribution in [0.1, 0.15) is 24.0 Å². The number of rotatable bonds is 4. The van der Waals surface area contributed by atoms with E-state index in [1.165, 1.54) is 29.5 Å². The van der Waals surface area contributed by atoms with Crippen LogP contribution in [-0.2, 0) is 13.6 Å². The highest BCUT2D eigenvalue weighted by molar-refractivity contribution is 5.62. The summed E-state index contributed by atoms with van der Waals surface area (Å²) in [7, 11) is 2.04. The smallest absolute Gasteiger partial charge is 0.139 e. The largest absolute Gasteiger partial charge is 0.334 e. The third kappa shape index (κ3) is 2.31. The number of aromatic nitrogens is 2. The summed E-state index contributed by atoms with van der Waals surface area (Å²) in [5, 5.41) is 3.58. The number of aryl methyl sites for hydroxylation is 2. The van der Waals surface area contributed by atoms with E-state index in [0.717, 1.165) is 18.4 Å². The molecule has 94 valence electrons. The highest BCUT2D eigenvalue weighted by Gasteiger charge is 2.20. The van der Waals surface area contributed by atoms with Gasteiger partial charge >= 0.3 is 0 Å². The molecule has 2 aromatic rings. The number of hydrogen-bond acceptors (Lipinski definition) is 2. The van der Waals surface area contributed by atoms with E-state index >= 15 is 0 Å². The molecule has 1 aliphatic carbocycles. The van der Waals surface area contributed by atoms with Crippen molar-refractivity contribution in [3.8, 4) is 11.4 Å². The van der Waals surface area contributed by atoms with Crippen molar-refractivity contribution in [3.05, 3.63) is 41.7 Å². The molecule has 1 fully saturated rings. The topological polar surface area (TPSA) is 29.9 Å². The van der Waals surface area contributed by atoms with Gasteiger partial charge in [-0.1, -0.05) is 17.7 Å². The van der Waals surface area contributed by atoms with Crippen LogP contribution < -0.4 is 5.32 Å². The van der Waals surface area contributed by atoms with Crippen molar-refractivity contribution < 1.29 is 0 Å². The Kier molecular flexibility index (Phi) is 2.92. The maximum absolute atomic E-state index is 4.47. The van der Waals surface area contributed by atoms with Crippen LogP contribution in [0.3, 0.4) is 0 Å². The Morgan fingerprint density at radius 3 is 2.89 bits per heavy atom. The Labute approximate surface area is 108 Å². The summed E-state index contributed by atoms with van der Waals surface area (Å²) in [4.78, 5) is 4.47. The first-order valence-corrected chi connectivity index (χ1v) is 6.54. The van der Waals surface area contributed by atoms with E-state index in [1.54, 1.807) is 0 Å². The minimum atomic E-state index is 0.737. The summed E-state index contributed by atoms with van der Waals surface area (Å²) >= 11 is 0. The van der Waals surface area contributed by atoms with E-state index in [-0.39, 0.29) is 0 Å². The lowest BCUT2D eigenvalue weighted by molar-refractivity contribution is 0.688. The van der Waals surface area contributed by atoms with Gasteiger partial charge in [0, 0.05) is 37.6 Å². The van der Waals surface area contributed by atoms with Crippen molar-refractivity contribution in [1.29, 1.82) is 0 Å². The monoisotopic (exact) mass is 241 g/mol. The molecule has 3 rings (SSSR count). The van der Waals surface area contributed by atoms with Crippen molar-refractivity contribution in [2.45, 2.75) is 32.4 Å². The van der Waals surface area contributed by atoms with Crippen LogP contribution >= 0.6 is 0 Å². The Morgan fingerprint density at radius 1 is 1.39 bits per heavy atom. The van der Waals surface area contributed by atoms with Gasteiger partial charge in [0.15, 0.2) is 0 Å². The molecule has 1 aromatic carbocycles. The van der Waals surface area contributed by atoms with Crippen LogP contribution in [0, 0.1) is 6.92 Å². The van der Waals surface area contributed by atoms with E-state index < -0.39 is 0 Å². The lowest BCUT2D eigenvalue weighted by Crippen LogP contribution is -2.16. The molecule has 0 bridgehead atoms.